The van der Waals surface area contributed by atoms with Crippen molar-refractivity contribution in [2.75, 3.05) is 19.8 Å². The second-order valence-corrected chi connectivity index (χ2v) is 4.52. The van der Waals surface area contributed by atoms with Gasteiger partial charge in [0.2, 0.25) is 0 Å². The molecule has 0 aromatic rings. The van der Waals surface area contributed by atoms with Gasteiger partial charge in [0.15, 0.2) is 0 Å². The highest BCUT2D eigenvalue weighted by Crippen LogP contribution is 2.01. The van der Waals surface area contributed by atoms with Crippen molar-refractivity contribution in [3.63, 3.8) is 0 Å². The smallest absolute Gasteiger partial charge is 0.362 e. The lowest BCUT2D eigenvalue weighted by Crippen LogP contribution is -2.57. The summed E-state index contributed by atoms with van der Waals surface area (Å²) >= 11 is 0. The molecule has 0 bridgehead atoms. The molecule has 0 amide bonds. The van der Waals surface area contributed by atoms with Gasteiger partial charge >= 0.3 is 8.97 Å². The van der Waals surface area contributed by atoms with E-state index in [0.29, 0.717) is 13.2 Å². The molecule has 0 unspecified atom stereocenters. The van der Waals surface area contributed by atoms with Crippen LogP contribution in [-0.4, -0.2) is 35.0 Å². The normalized spacial score (nSPS) is 12.5. The molecule has 0 saturated heterocycles. The molecule has 0 atom stereocenters. The Morgan fingerprint density at radius 3 is 1.85 bits per heavy atom. The summed E-state index contributed by atoms with van der Waals surface area (Å²) in [6.07, 6.45) is -0.559. The van der Waals surface area contributed by atoms with Crippen LogP contribution in [0.25, 0.3) is 0 Å². The zero-order valence-electron chi connectivity index (χ0n) is 8.16. The Morgan fingerprint density at radius 2 is 1.54 bits per heavy atom. The second kappa shape index (κ2) is 6.43. The Kier molecular flexibility index (Phi) is 6.42. The van der Waals surface area contributed by atoms with Gasteiger partial charge in [-0.15, -0.1) is 0 Å². The number of rotatable bonds is 7. The van der Waals surface area contributed by atoms with Gasteiger partial charge in [-0.25, -0.2) is 0 Å². The van der Waals surface area contributed by atoms with Gasteiger partial charge < -0.3 is 24.7 Å². The molecule has 0 rings (SSSR count). The largest absolute Gasteiger partial charge is 0.594 e. The summed E-state index contributed by atoms with van der Waals surface area (Å²) in [6.45, 7) is 4.67. The zero-order valence-corrected chi connectivity index (χ0v) is 9.16. The van der Waals surface area contributed by atoms with Crippen LogP contribution in [0.1, 0.15) is 13.8 Å². The highest BCUT2D eigenvalue weighted by molar-refractivity contribution is 6.56. The molecule has 0 aliphatic heterocycles. The number of hydrogen-bond acceptors (Lipinski definition) is 6. The average Bonchev–Trinajstić information content (AvgIpc) is 2.02. The molecule has 0 radical (unpaired) electrons. The van der Waals surface area contributed by atoms with Gasteiger partial charge in [-0.05, 0) is 13.8 Å². The molecular formula is C6H19N3O3Si. The van der Waals surface area contributed by atoms with Crippen molar-refractivity contribution in [2.24, 2.45) is 16.9 Å². The van der Waals surface area contributed by atoms with Crippen molar-refractivity contribution in [2.45, 2.75) is 20.0 Å². The van der Waals surface area contributed by atoms with Crippen LogP contribution in [-0.2, 0) is 13.3 Å². The van der Waals surface area contributed by atoms with Crippen LogP contribution in [0.5, 0.6) is 0 Å². The Balaban J connectivity index is 3.91. The van der Waals surface area contributed by atoms with E-state index in [9.17, 15) is 0 Å². The lowest BCUT2D eigenvalue weighted by Gasteiger charge is -2.24. The van der Waals surface area contributed by atoms with Crippen LogP contribution in [0.3, 0.4) is 0 Å². The highest BCUT2D eigenvalue weighted by atomic mass is 28.4. The monoisotopic (exact) mass is 209 g/mol. The lowest BCUT2D eigenvalue weighted by atomic mass is 10.6. The highest BCUT2D eigenvalue weighted by Gasteiger charge is 2.36. The third kappa shape index (κ3) is 6.10. The Hall–Kier alpha value is -0.0231. The van der Waals surface area contributed by atoms with E-state index in [1.165, 1.54) is 0 Å². The first kappa shape index (κ1) is 13.0. The van der Waals surface area contributed by atoms with Crippen LogP contribution < -0.4 is 16.9 Å². The molecule has 13 heavy (non-hydrogen) atoms. The molecule has 80 valence electrons. The van der Waals surface area contributed by atoms with Crippen LogP contribution in [0.15, 0.2) is 0 Å². The van der Waals surface area contributed by atoms with Gasteiger partial charge in [-0.2, -0.15) is 0 Å². The van der Waals surface area contributed by atoms with Crippen LogP contribution in [0.4, 0.5) is 0 Å². The van der Waals surface area contributed by atoms with Crippen molar-refractivity contribution in [3.8, 4) is 0 Å². The summed E-state index contributed by atoms with van der Waals surface area (Å²) in [5, 5.41) is 5.73. The summed E-state index contributed by atoms with van der Waals surface area (Å²) in [6, 6.07) is 0. The topological polar surface area (TPSA) is 106 Å². The lowest BCUT2D eigenvalue weighted by molar-refractivity contribution is 0.0638. The standard InChI is InChI=1S/C6H19N3O3Si/c1-3-10-13(9,11-4-2)12-5-6(7)8/h6H,3-5,7-9H2,1-2H3. The Morgan fingerprint density at radius 1 is 1.08 bits per heavy atom. The Bertz CT molecular complexity index is 130. The predicted molar refractivity (Wildman–Crippen MR) is 51.3 cm³/mol. The maximum atomic E-state index is 5.73. The van der Waals surface area contributed by atoms with Crippen molar-refractivity contribution < 1.29 is 13.3 Å². The summed E-state index contributed by atoms with van der Waals surface area (Å²) in [7, 11) is -2.97. The third-order valence-corrected chi connectivity index (χ3v) is 3.12. The molecule has 0 aromatic carbocycles. The summed E-state index contributed by atoms with van der Waals surface area (Å²) in [5.41, 5.74) is 10.6. The van der Waals surface area contributed by atoms with E-state index in [4.69, 9.17) is 30.1 Å². The fraction of sp³-hybridized carbons (Fsp3) is 1.00. The van der Waals surface area contributed by atoms with Crippen molar-refractivity contribution in [1.82, 2.24) is 0 Å². The van der Waals surface area contributed by atoms with E-state index in [2.05, 4.69) is 0 Å². The fourth-order valence-corrected chi connectivity index (χ4v) is 2.22. The van der Waals surface area contributed by atoms with E-state index in [1.807, 2.05) is 13.8 Å². The van der Waals surface area contributed by atoms with Crippen LogP contribution in [0.2, 0.25) is 0 Å². The van der Waals surface area contributed by atoms with Crippen LogP contribution >= 0.6 is 0 Å². The molecule has 0 aliphatic rings. The SMILES string of the molecule is CCO[Si](N)(OCC)OCC(N)N. The van der Waals surface area contributed by atoms with Gasteiger partial charge in [-0.3, -0.25) is 5.40 Å². The molecule has 6 nitrogen and oxygen atoms in total. The van der Waals surface area contributed by atoms with E-state index >= 15 is 0 Å². The maximum Gasteiger partial charge on any atom is 0.594 e. The third-order valence-electron chi connectivity index (χ3n) is 1.17. The first-order valence-corrected chi connectivity index (χ1v) is 6.06. The molecule has 0 spiro atoms. The van der Waals surface area contributed by atoms with Gasteiger partial charge in [0.25, 0.3) is 0 Å². The second-order valence-electron chi connectivity index (χ2n) is 2.44. The van der Waals surface area contributed by atoms with E-state index in [-0.39, 0.29) is 6.61 Å². The molecule has 0 aromatic heterocycles. The minimum atomic E-state index is -2.97. The number of nitrogens with two attached hydrogens (primary N) is 3. The van der Waals surface area contributed by atoms with E-state index in [0.717, 1.165) is 0 Å². The van der Waals surface area contributed by atoms with Crippen LogP contribution in [0, 0.1) is 0 Å². The summed E-state index contributed by atoms with van der Waals surface area (Å²) < 4.78 is 15.6. The predicted octanol–water partition coefficient (Wildman–Crippen LogP) is -1.29. The van der Waals surface area contributed by atoms with Gasteiger partial charge in [0, 0.05) is 13.2 Å². The van der Waals surface area contributed by atoms with Gasteiger partial charge in [0.05, 0.1) is 12.8 Å². The van der Waals surface area contributed by atoms with Gasteiger partial charge in [0.1, 0.15) is 0 Å². The fourth-order valence-electron chi connectivity index (χ4n) is 0.740. The molecule has 7 heteroatoms. The molecule has 6 N–H and O–H groups in total. The van der Waals surface area contributed by atoms with Crippen molar-refractivity contribution in [3.05, 3.63) is 0 Å². The van der Waals surface area contributed by atoms with Crippen molar-refractivity contribution in [1.29, 1.82) is 0 Å². The van der Waals surface area contributed by atoms with E-state index < -0.39 is 15.1 Å². The zero-order chi connectivity index (χ0) is 10.3. The molecular weight excluding hydrogens is 190 g/mol. The number of hydrogen-bond donors (Lipinski definition) is 3. The van der Waals surface area contributed by atoms with E-state index in [1.54, 1.807) is 0 Å². The minimum absolute atomic E-state index is 0.142. The minimum Gasteiger partial charge on any atom is -0.362 e. The summed E-state index contributed by atoms with van der Waals surface area (Å²) in [4.78, 5) is 0. The van der Waals surface area contributed by atoms with Crippen molar-refractivity contribution >= 4 is 8.97 Å². The molecule has 0 fully saturated rings. The molecule has 0 heterocycles. The summed E-state index contributed by atoms with van der Waals surface area (Å²) in [5.74, 6) is 0. The first-order valence-electron chi connectivity index (χ1n) is 4.26. The quantitative estimate of drug-likeness (QED) is 0.356. The average molecular weight is 209 g/mol. The first-order chi connectivity index (χ1) is 6.04. The van der Waals surface area contributed by atoms with Gasteiger partial charge in [-0.1, -0.05) is 0 Å². The molecule has 0 saturated carbocycles. The molecule has 0 aliphatic carbocycles. The maximum absolute atomic E-state index is 5.73. The Labute approximate surface area is 79.8 Å².